The second-order valence-electron chi connectivity index (χ2n) is 14.4. The van der Waals surface area contributed by atoms with Crippen LogP contribution in [0, 0.1) is 6.92 Å². The summed E-state index contributed by atoms with van der Waals surface area (Å²) >= 11 is 0. The zero-order valence-corrected chi connectivity index (χ0v) is 29.6. The van der Waals surface area contributed by atoms with E-state index in [9.17, 15) is 9.59 Å². The molecule has 5 heterocycles. The van der Waals surface area contributed by atoms with E-state index in [1.165, 1.54) is 5.56 Å². The standard InChI is InChI=1S/C35H48N8O5/c1-23-27(21-38-31-30(23)43(16-17-46-31)33(45)48-35(5,6)7)41-13-12-24-19-36-28(18-25(24)22-41)39-26-10-11-29(37-20-26)42(15-14-40(8)9)32(44)47-34(2,3)4/h10-11,18-21H,12-17,22H2,1-9H3,(H,36,39). The minimum Gasteiger partial charge on any atom is -0.474 e. The molecule has 258 valence electrons. The lowest BCUT2D eigenvalue weighted by molar-refractivity contribution is 0.0560. The van der Waals surface area contributed by atoms with Crippen LogP contribution in [0.4, 0.5) is 38.3 Å². The van der Waals surface area contributed by atoms with Crippen molar-refractivity contribution in [2.24, 2.45) is 0 Å². The number of anilines is 5. The molecule has 0 aromatic carbocycles. The van der Waals surface area contributed by atoms with Crippen molar-refractivity contribution in [3.05, 3.63) is 53.5 Å². The third-order valence-electron chi connectivity index (χ3n) is 7.80. The number of nitrogens with one attached hydrogen (secondary N) is 1. The Hall–Kier alpha value is -4.65. The van der Waals surface area contributed by atoms with Crippen LogP contribution in [0.25, 0.3) is 0 Å². The van der Waals surface area contributed by atoms with E-state index in [1.807, 2.05) is 85.9 Å². The summed E-state index contributed by atoms with van der Waals surface area (Å²) in [6.07, 6.45) is 5.40. The Balaban J connectivity index is 1.32. The van der Waals surface area contributed by atoms with Gasteiger partial charge < -0.3 is 29.3 Å². The number of fused-ring (bicyclic) bond motifs is 2. The Morgan fingerprint density at radius 1 is 0.938 bits per heavy atom. The molecule has 0 bridgehead atoms. The maximum atomic E-state index is 13.1. The highest BCUT2D eigenvalue weighted by Gasteiger charge is 2.33. The second kappa shape index (κ2) is 13.8. The highest BCUT2D eigenvalue weighted by Crippen LogP contribution is 2.40. The number of ether oxygens (including phenoxy) is 3. The van der Waals surface area contributed by atoms with E-state index >= 15 is 0 Å². The summed E-state index contributed by atoms with van der Waals surface area (Å²) in [5.41, 5.74) is 4.34. The van der Waals surface area contributed by atoms with Gasteiger partial charge in [-0.1, -0.05) is 0 Å². The van der Waals surface area contributed by atoms with Crippen LogP contribution in [0.1, 0.15) is 58.2 Å². The topological polar surface area (TPSA) is 125 Å². The zero-order valence-electron chi connectivity index (χ0n) is 29.6. The third kappa shape index (κ3) is 8.43. The molecule has 13 nitrogen and oxygen atoms in total. The van der Waals surface area contributed by atoms with Crippen LogP contribution < -0.4 is 24.8 Å². The van der Waals surface area contributed by atoms with Crippen LogP contribution in [-0.4, -0.2) is 90.1 Å². The minimum atomic E-state index is -0.618. The van der Waals surface area contributed by atoms with Gasteiger partial charge in [-0.05, 0) is 98.3 Å². The molecule has 3 aromatic rings. The van der Waals surface area contributed by atoms with E-state index in [-0.39, 0.29) is 0 Å². The number of pyridine rings is 3. The highest BCUT2D eigenvalue weighted by atomic mass is 16.6. The summed E-state index contributed by atoms with van der Waals surface area (Å²) < 4.78 is 17.2. The van der Waals surface area contributed by atoms with E-state index in [4.69, 9.17) is 14.2 Å². The number of aromatic nitrogens is 3. The molecule has 2 aliphatic heterocycles. The summed E-state index contributed by atoms with van der Waals surface area (Å²) in [6, 6.07) is 5.73. The Morgan fingerprint density at radius 2 is 1.69 bits per heavy atom. The molecular formula is C35H48N8O5. The molecule has 1 N–H and O–H groups in total. The first-order valence-corrected chi connectivity index (χ1v) is 16.3. The molecule has 0 saturated heterocycles. The molecule has 0 spiro atoms. The van der Waals surface area contributed by atoms with Gasteiger partial charge in [0.25, 0.3) is 0 Å². The summed E-state index contributed by atoms with van der Waals surface area (Å²) in [7, 11) is 3.91. The minimum absolute atomic E-state index is 0.356. The van der Waals surface area contributed by atoms with E-state index in [2.05, 4.69) is 31.2 Å². The Kier molecular flexibility index (Phi) is 9.99. The van der Waals surface area contributed by atoms with Gasteiger partial charge >= 0.3 is 12.2 Å². The van der Waals surface area contributed by atoms with Gasteiger partial charge in [0.15, 0.2) is 0 Å². The molecule has 0 fully saturated rings. The first kappa shape index (κ1) is 34.7. The van der Waals surface area contributed by atoms with Crippen molar-refractivity contribution in [1.82, 2.24) is 19.9 Å². The lowest BCUT2D eigenvalue weighted by atomic mass is 10.0. The van der Waals surface area contributed by atoms with Gasteiger partial charge in [-0.25, -0.2) is 24.5 Å². The molecule has 0 radical (unpaired) electrons. The number of carbonyl (C=O) groups excluding carboxylic acids is 2. The number of rotatable bonds is 7. The maximum Gasteiger partial charge on any atom is 0.416 e. The number of amides is 2. The largest absolute Gasteiger partial charge is 0.474 e. The van der Waals surface area contributed by atoms with Crippen LogP contribution in [0.2, 0.25) is 0 Å². The monoisotopic (exact) mass is 660 g/mol. The highest BCUT2D eigenvalue weighted by molar-refractivity contribution is 5.92. The summed E-state index contributed by atoms with van der Waals surface area (Å²) in [5, 5.41) is 3.36. The van der Waals surface area contributed by atoms with Crippen molar-refractivity contribution >= 4 is 40.9 Å². The van der Waals surface area contributed by atoms with Gasteiger partial charge in [-0.2, -0.15) is 0 Å². The molecule has 3 aromatic heterocycles. The van der Waals surface area contributed by atoms with Crippen molar-refractivity contribution in [2.75, 3.05) is 66.9 Å². The number of likely N-dealkylation sites (N-methyl/N-ethyl adjacent to an activating group) is 1. The quantitative estimate of drug-likeness (QED) is 0.325. The maximum absolute atomic E-state index is 13.1. The Labute approximate surface area is 283 Å². The Morgan fingerprint density at radius 3 is 2.35 bits per heavy atom. The first-order valence-electron chi connectivity index (χ1n) is 16.3. The molecule has 0 saturated carbocycles. The number of hydrogen-bond acceptors (Lipinski definition) is 11. The van der Waals surface area contributed by atoms with Crippen molar-refractivity contribution < 1.29 is 23.8 Å². The molecule has 0 unspecified atom stereocenters. The van der Waals surface area contributed by atoms with Crippen LogP contribution in [0.3, 0.4) is 0 Å². The van der Waals surface area contributed by atoms with Crippen molar-refractivity contribution in [3.63, 3.8) is 0 Å². The zero-order chi connectivity index (χ0) is 34.8. The lowest BCUT2D eigenvalue weighted by Crippen LogP contribution is -2.42. The second-order valence-corrected chi connectivity index (χ2v) is 14.4. The fourth-order valence-electron chi connectivity index (χ4n) is 5.54. The molecule has 13 heteroatoms. The fraction of sp³-hybridized carbons (Fsp3) is 0.514. The smallest absolute Gasteiger partial charge is 0.416 e. The number of nitrogens with zero attached hydrogens (tertiary/aromatic N) is 7. The van der Waals surface area contributed by atoms with Crippen LogP contribution in [-0.2, 0) is 22.4 Å². The molecule has 2 amide bonds. The normalized spacial score (nSPS) is 14.5. The predicted molar refractivity (Wildman–Crippen MR) is 187 cm³/mol. The predicted octanol–water partition coefficient (Wildman–Crippen LogP) is 5.92. The first-order chi connectivity index (χ1) is 22.6. The molecule has 48 heavy (non-hydrogen) atoms. The number of hydrogen-bond donors (Lipinski definition) is 1. The van der Waals surface area contributed by atoms with Gasteiger partial charge in [0, 0.05) is 37.9 Å². The Bertz CT molecular complexity index is 1630. The molecule has 0 atom stereocenters. The van der Waals surface area contributed by atoms with E-state index in [0.29, 0.717) is 56.0 Å². The third-order valence-corrected chi connectivity index (χ3v) is 7.80. The van der Waals surface area contributed by atoms with Crippen molar-refractivity contribution in [3.8, 4) is 5.88 Å². The van der Waals surface area contributed by atoms with Crippen LogP contribution in [0.5, 0.6) is 5.88 Å². The van der Waals surface area contributed by atoms with Gasteiger partial charge in [-0.15, -0.1) is 0 Å². The molecular weight excluding hydrogens is 612 g/mol. The molecule has 0 aliphatic carbocycles. The summed E-state index contributed by atoms with van der Waals surface area (Å²) in [6.45, 7) is 16.4. The average molecular weight is 661 g/mol. The van der Waals surface area contributed by atoms with Gasteiger partial charge in [0.05, 0.1) is 30.3 Å². The fourth-order valence-corrected chi connectivity index (χ4v) is 5.54. The van der Waals surface area contributed by atoms with Crippen molar-refractivity contribution in [2.45, 2.75) is 72.6 Å². The summed E-state index contributed by atoms with van der Waals surface area (Å²) in [4.78, 5) is 47.4. The SMILES string of the molecule is Cc1c(N2CCc3cnc(Nc4ccc(N(CCN(C)C)C(=O)OC(C)(C)C)nc4)cc3C2)cnc2c1N(C(=O)OC(C)(C)C)CCO2. The summed E-state index contributed by atoms with van der Waals surface area (Å²) in [5.74, 6) is 1.63. The van der Waals surface area contributed by atoms with Crippen molar-refractivity contribution in [1.29, 1.82) is 0 Å². The lowest BCUT2D eigenvalue weighted by Gasteiger charge is -2.35. The van der Waals surface area contributed by atoms with Crippen LogP contribution in [0.15, 0.2) is 36.8 Å². The molecule has 5 rings (SSSR count). The average Bonchev–Trinajstić information content (AvgIpc) is 2.99. The number of carbonyl (C=O) groups is 2. The van der Waals surface area contributed by atoms with Crippen LogP contribution >= 0.6 is 0 Å². The van der Waals surface area contributed by atoms with Gasteiger partial charge in [0.1, 0.15) is 35.1 Å². The van der Waals surface area contributed by atoms with E-state index < -0.39 is 23.4 Å². The van der Waals surface area contributed by atoms with E-state index in [1.54, 1.807) is 22.1 Å². The van der Waals surface area contributed by atoms with Gasteiger partial charge in [0.2, 0.25) is 5.88 Å². The van der Waals surface area contributed by atoms with Gasteiger partial charge in [-0.3, -0.25) is 9.80 Å². The molecule has 2 aliphatic rings. The van der Waals surface area contributed by atoms with E-state index in [0.717, 1.165) is 35.5 Å².